The van der Waals surface area contributed by atoms with E-state index in [1.54, 1.807) is 7.11 Å². The van der Waals surface area contributed by atoms with E-state index in [0.717, 1.165) is 16.7 Å². The molecule has 0 aliphatic heterocycles. The zero-order valence-corrected chi connectivity index (χ0v) is 7.58. The highest BCUT2D eigenvalue weighted by atomic mass is 16.5. The summed E-state index contributed by atoms with van der Waals surface area (Å²) < 4.78 is 5.19. The van der Waals surface area contributed by atoms with Gasteiger partial charge in [-0.15, -0.1) is 0 Å². The molecule has 0 saturated carbocycles. The van der Waals surface area contributed by atoms with Crippen LogP contribution in [-0.2, 0) is 0 Å². The summed E-state index contributed by atoms with van der Waals surface area (Å²) in [6.07, 6.45) is 0. The van der Waals surface area contributed by atoms with Crippen LogP contribution in [0.4, 0.5) is 0 Å². The SMILES string of the molecule is [CH2]c1c(OC)ccc2ccccc12. The highest BCUT2D eigenvalue weighted by Gasteiger charge is 2.01. The predicted molar refractivity (Wildman–Crippen MR) is 55.0 cm³/mol. The fraction of sp³-hybridized carbons (Fsp3) is 0.0833. The number of hydrogen-bond donors (Lipinski definition) is 0. The van der Waals surface area contributed by atoms with Crippen molar-refractivity contribution in [3.05, 3.63) is 48.9 Å². The Balaban J connectivity index is 2.79. The van der Waals surface area contributed by atoms with Gasteiger partial charge in [-0.05, 0) is 23.8 Å². The van der Waals surface area contributed by atoms with Gasteiger partial charge in [0.25, 0.3) is 0 Å². The van der Waals surface area contributed by atoms with Gasteiger partial charge in [0, 0.05) is 5.56 Å². The first-order chi connectivity index (χ1) is 6.33. The van der Waals surface area contributed by atoms with Crippen LogP contribution in [0, 0.1) is 6.92 Å². The van der Waals surface area contributed by atoms with Crippen molar-refractivity contribution in [3.63, 3.8) is 0 Å². The van der Waals surface area contributed by atoms with Crippen molar-refractivity contribution >= 4 is 10.8 Å². The van der Waals surface area contributed by atoms with Crippen LogP contribution in [0.3, 0.4) is 0 Å². The molecule has 0 spiro atoms. The molecule has 1 radical (unpaired) electrons. The number of rotatable bonds is 1. The second-order valence-electron chi connectivity index (χ2n) is 2.97. The lowest BCUT2D eigenvalue weighted by molar-refractivity contribution is 0.414. The minimum atomic E-state index is 0.846. The monoisotopic (exact) mass is 171 g/mol. The molecule has 0 amide bonds. The van der Waals surface area contributed by atoms with Gasteiger partial charge in [0.05, 0.1) is 7.11 Å². The minimum absolute atomic E-state index is 0.846. The van der Waals surface area contributed by atoms with E-state index in [0.29, 0.717) is 0 Å². The Bertz CT molecular complexity index is 432. The molecule has 0 aliphatic carbocycles. The molecule has 65 valence electrons. The summed E-state index contributed by atoms with van der Waals surface area (Å²) in [7, 11) is 1.67. The minimum Gasteiger partial charge on any atom is -0.496 e. The van der Waals surface area contributed by atoms with Crippen LogP contribution in [0.2, 0.25) is 0 Å². The average Bonchev–Trinajstić information content (AvgIpc) is 2.19. The van der Waals surface area contributed by atoms with Crippen molar-refractivity contribution in [2.24, 2.45) is 0 Å². The predicted octanol–water partition coefficient (Wildman–Crippen LogP) is 3.03. The molecule has 2 aromatic rings. The van der Waals surface area contributed by atoms with E-state index in [4.69, 9.17) is 4.74 Å². The van der Waals surface area contributed by atoms with Crippen LogP contribution < -0.4 is 4.74 Å². The molecule has 0 atom stereocenters. The summed E-state index contributed by atoms with van der Waals surface area (Å²) >= 11 is 0. The Morgan fingerprint density at radius 1 is 1.08 bits per heavy atom. The summed E-state index contributed by atoms with van der Waals surface area (Å²) in [6, 6.07) is 12.2. The maximum atomic E-state index is 5.19. The molecule has 0 aromatic heterocycles. The number of benzene rings is 2. The first-order valence-corrected chi connectivity index (χ1v) is 4.20. The highest BCUT2D eigenvalue weighted by Crippen LogP contribution is 2.26. The first-order valence-electron chi connectivity index (χ1n) is 4.20. The maximum Gasteiger partial charge on any atom is 0.122 e. The van der Waals surface area contributed by atoms with Gasteiger partial charge < -0.3 is 4.74 Å². The molecule has 0 heterocycles. The quantitative estimate of drug-likeness (QED) is 0.640. The maximum absolute atomic E-state index is 5.19. The molecule has 0 saturated heterocycles. The smallest absolute Gasteiger partial charge is 0.122 e. The highest BCUT2D eigenvalue weighted by molar-refractivity contribution is 5.88. The second-order valence-corrected chi connectivity index (χ2v) is 2.97. The molecule has 2 aromatic carbocycles. The van der Waals surface area contributed by atoms with Crippen LogP contribution >= 0.6 is 0 Å². The average molecular weight is 171 g/mol. The number of ether oxygens (including phenoxy) is 1. The van der Waals surface area contributed by atoms with Crippen molar-refractivity contribution in [1.29, 1.82) is 0 Å². The molecule has 0 aliphatic rings. The number of hydrogen-bond acceptors (Lipinski definition) is 1. The lowest BCUT2D eigenvalue weighted by Crippen LogP contribution is -1.87. The summed E-state index contributed by atoms with van der Waals surface area (Å²) in [5, 5.41) is 2.36. The number of fused-ring (bicyclic) bond motifs is 1. The van der Waals surface area contributed by atoms with E-state index in [-0.39, 0.29) is 0 Å². The van der Waals surface area contributed by atoms with Gasteiger partial charge in [0.15, 0.2) is 0 Å². The Morgan fingerprint density at radius 3 is 2.62 bits per heavy atom. The van der Waals surface area contributed by atoms with E-state index in [1.165, 1.54) is 5.39 Å². The van der Waals surface area contributed by atoms with Crippen molar-refractivity contribution in [2.45, 2.75) is 0 Å². The lowest BCUT2D eigenvalue weighted by Gasteiger charge is -2.07. The van der Waals surface area contributed by atoms with Gasteiger partial charge in [-0.1, -0.05) is 30.3 Å². The van der Waals surface area contributed by atoms with Gasteiger partial charge in [-0.25, -0.2) is 0 Å². The molecule has 0 bridgehead atoms. The lowest BCUT2D eigenvalue weighted by atomic mass is 10.1. The van der Waals surface area contributed by atoms with Crippen molar-refractivity contribution in [2.75, 3.05) is 7.11 Å². The largest absolute Gasteiger partial charge is 0.496 e. The molecule has 2 rings (SSSR count). The van der Waals surface area contributed by atoms with E-state index < -0.39 is 0 Å². The van der Waals surface area contributed by atoms with Gasteiger partial charge in [0.1, 0.15) is 5.75 Å². The standard InChI is InChI=1S/C12H11O/c1-9-11-6-4-3-5-10(11)7-8-12(9)13-2/h3-8H,1H2,2H3. The van der Waals surface area contributed by atoms with Gasteiger partial charge in [0.2, 0.25) is 0 Å². The zero-order valence-electron chi connectivity index (χ0n) is 7.58. The molecule has 0 N–H and O–H groups in total. The topological polar surface area (TPSA) is 9.23 Å². The van der Waals surface area contributed by atoms with E-state index in [9.17, 15) is 0 Å². The van der Waals surface area contributed by atoms with Gasteiger partial charge in [-0.3, -0.25) is 0 Å². The van der Waals surface area contributed by atoms with Gasteiger partial charge >= 0.3 is 0 Å². The third kappa shape index (κ3) is 1.26. The number of methoxy groups -OCH3 is 1. The van der Waals surface area contributed by atoms with Gasteiger partial charge in [-0.2, -0.15) is 0 Å². The normalized spacial score (nSPS) is 10.3. The van der Waals surface area contributed by atoms with Crippen molar-refractivity contribution < 1.29 is 4.74 Å². The Kier molecular flexibility index (Phi) is 1.93. The Labute approximate surface area is 78.0 Å². The first kappa shape index (κ1) is 8.11. The summed E-state index contributed by atoms with van der Waals surface area (Å²) in [5.74, 6) is 0.846. The molecule has 0 fully saturated rings. The van der Waals surface area contributed by atoms with E-state index in [1.807, 2.05) is 24.3 Å². The van der Waals surface area contributed by atoms with Crippen LogP contribution in [0.1, 0.15) is 5.56 Å². The van der Waals surface area contributed by atoms with E-state index >= 15 is 0 Å². The van der Waals surface area contributed by atoms with Crippen LogP contribution in [0.5, 0.6) is 5.75 Å². The Hall–Kier alpha value is -1.50. The fourth-order valence-corrected chi connectivity index (χ4v) is 1.51. The third-order valence-corrected chi connectivity index (χ3v) is 2.22. The van der Waals surface area contributed by atoms with Crippen LogP contribution in [-0.4, -0.2) is 7.11 Å². The second kappa shape index (κ2) is 3.09. The summed E-state index contributed by atoms with van der Waals surface area (Å²) in [5.41, 5.74) is 0.959. The van der Waals surface area contributed by atoms with Crippen molar-refractivity contribution in [1.82, 2.24) is 0 Å². The van der Waals surface area contributed by atoms with Crippen molar-refractivity contribution in [3.8, 4) is 5.75 Å². The third-order valence-electron chi connectivity index (χ3n) is 2.22. The van der Waals surface area contributed by atoms with Crippen LogP contribution in [0.15, 0.2) is 36.4 Å². The van der Waals surface area contributed by atoms with E-state index in [2.05, 4.69) is 19.1 Å². The zero-order chi connectivity index (χ0) is 9.26. The summed E-state index contributed by atoms with van der Waals surface area (Å²) in [4.78, 5) is 0. The fourth-order valence-electron chi connectivity index (χ4n) is 1.51. The molecular weight excluding hydrogens is 160 g/mol. The molecular formula is C12H11O. The molecule has 1 heteroatoms. The summed E-state index contributed by atoms with van der Waals surface area (Å²) in [6.45, 7) is 3.99. The molecule has 0 unspecified atom stereocenters. The molecule has 13 heavy (non-hydrogen) atoms. The van der Waals surface area contributed by atoms with Crippen LogP contribution in [0.25, 0.3) is 10.8 Å². The Morgan fingerprint density at radius 2 is 1.85 bits per heavy atom. The molecule has 1 nitrogen and oxygen atoms in total.